The lowest BCUT2D eigenvalue weighted by Crippen LogP contribution is -2.14. The summed E-state index contributed by atoms with van der Waals surface area (Å²) in [7, 11) is 0. The highest BCUT2D eigenvalue weighted by Crippen LogP contribution is 2.35. The van der Waals surface area contributed by atoms with Crippen molar-refractivity contribution >= 4 is 46.4 Å². The molecule has 146 valence electrons. The molecule has 0 bridgehead atoms. The lowest BCUT2D eigenvalue weighted by Gasteiger charge is -2.11. The smallest absolute Gasteiger partial charge is 0.416 e. The van der Waals surface area contributed by atoms with Gasteiger partial charge < -0.3 is 9.73 Å². The third kappa shape index (κ3) is 4.46. The highest BCUT2D eigenvalue weighted by molar-refractivity contribution is 6.35. The molecule has 0 aliphatic heterocycles. The van der Waals surface area contributed by atoms with Gasteiger partial charge in [0.15, 0.2) is 0 Å². The summed E-state index contributed by atoms with van der Waals surface area (Å²) in [5, 5.41) is 3.14. The van der Waals surface area contributed by atoms with E-state index in [1.54, 1.807) is 25.1 Å². The van der Waals surface area contributed by atoms with E-state index in [1.807, 2.05) is 0 Å². The van der Waals surface area contributed by atoms with Crippen LogP contribution in [-0.2, 0) is 6.18 Å². The van der Waals surface area contributed by atoms with Crippen LogP contribution in [0.25, 0.3) is 11.3 Å². The molecule has 2 aromatic carbocycles. The third-order valence-electron chi connectivity index (χ3n) is 3.85. The summed E-state index contributed by atoms with van der Waals surface area (Å²) in [5.41, 5.74) is -0.392. The van der Waals surface area contributed by atoms with E-state index < -0.39 is 17.6 Å². The van der Waals surface area contributed by atoms with Crippen molar-refractivity contribution in [3.8, 4) is 11.3 Å². The van der Waals surface area contributed by atoms with Crippen LogP contribution in [0.1, 0.15) is 21.7 Å². The van der Waals surface area contributed by atoms with Crippen LogP contribution in [0, 0.1) is 6.92 Å². The number of benzene rings is 2. The SMILES string of the molecule is Cc1oc(-c2cc(Cl)cc(Cl)c2)cc1C(=O)Nc1cc(C(F)(F)F)ccc1Cl. The normalized spacial score (nSPS) is 11.5. The Morgan fingerprint density at radius 1 is 1.00 bits per heavy atom. The monoisotopic (exact) mass is 447 g/mol. The Hall–Kier alpha value is -2.15. The summed E-state index contributed by atoms with van der Waals surface area (Å²) in [6.07, 6.45) is -4.56. The molecule has 0 saturated carbocycles. The van der Waals surface area contributed by atoms with Crippen LogP contribution in [0.4, 0.5) is 18.9 Å². The minimum absolute atomic E-state index is 0.0238. The van der Waals surface area contributed by atoms with Gasteiger partial charge in [0.05, 0.1) is 21.8 Å². The van der Waals surface area contributed by atoms with Gasteiger partial charge in [-0.15, -0.1) is 0 Å². The molecule has 1 N–H and O–H groups in total. The summed E-state index contributed by atoms with van der Waals surface area (Å²) in [6, 6.07) is 8.89. The molecular weight excluding hydrogens is 438 g/mol. The van der Waals surface area contributed by atoms with Crippen LogP contribution in [0.3, 0.4) is 0 Å². The molecule has 3 nitrogen and oxygen atoms in total. The number of hydrogen-bond acceptors (Lipinski definition) is 2. The Balaban J connectivity index is 1.91. The highest BCUT2D eigenvalue weighted by atomic mass is 35.5. The fraction of sp³-hybridized carbons (Fsp3) is 0.105. The zero-order chi connectivity index (χ0) is 20.6. The average Bonchev–Trinajstić information content (AvgIpc) is 2.97. The number of carbonyl (C=O) groups is 1. The molecule has 0 atom stereocenters. The van der Waals surface area contributed by atoms with Crippen LogP contribution in [0.2, 0.25) is 15.1 Å². The van der Waals surface area contributed by atoms with E-state index >= 15 is 0 Å². The van der Waals surface area contributed by atoms with Gasteiger partial charge in [0.2, 0.25) is 0 Å². The number of aryl methyl sites for hydroxylation is 1. The lowest BCUT2D eigenvalue weighted by atomic mass is 10.1. The van der Waals surface area contributed by atoms with Crippen LogP contribution in [0.5, 0.6) is 0 Å². The van der Waals surface area contributed by atoms with Gasteiger partial charge in [-0.3, -0.25) is 4.79 Å². The van der Waals surface area contributed by atoms with Crippen molar-refractivity contribution in [1.82, 2.24) is 0 Å². The van der Waals surface area contributed by atoms with Crippen molar-refractivity contribution in [1.29, 1.82) is 0 Å². The number of alkyl halides is 3. The minimum atomic E-state index is -4.56. The lowest BCUT2D eigenvalue weighted by molar-refractivity contribution is -0.137. The van der Waals surface area contributed by atoms with Crippen LogP contribution in [-0.4, -0.2) is 5.91 Å². The number of amides is 1. The molecule has 1 heterocycles. The number of nitrogens with one attached hydrogen (secondary N) is 1. The standard InChI is InChI=1S/C19H11Cl3F3NO2/c1-9-14(8-17(28-9)10-4-12(20)7-13(21)5-10)18(27)26-16-6-11(19(23,24)25)2-3-15(16)22/h2-8H,1H3,(H,26,27). The van der Waals surface area contributed by atoms with Gasteiger partial charge in [-0.05, 0) is 49.4 Å². The van der Waals surface area contributed by atoms with E-state index in [0.717, 1.165) is 18.2 Å². The Morgan fingerprint density at radius 2 is 1.64 bits per heavy atom. The molecule has 0 unspecified atom stereocenters. The Labute approximate surface area is 173 Å². The first-order valence-corrected chi connectivity index (χ1v) is 8.93. The number of furan rings is 1. The van der Waals surface area contributed by atoms with Crippen molar-refractivity contribution in [3.63, 3.8) is 0 Å². The van der Waals surface area contributed by atoms with E-state index in [9.17, 15) is 18.0 Å². The molecule has 3 aromatic rings. The van der Waals surface area contributed by atoms with Crippen LogP contribution in [0.15, 0.2) is 46.9 Å². The number of rotatable bonds is 3. The predicted octanol–water partition coefficient (Wildman–Crippen LogP) is 7.49. The number of halogens is 6. The summed E-state index contributed by atoms with van der Waals surface area (Å²) < 4.78 is 44.3. The number of hydrogen-bond donors (Lipinski definition) is 1. The van der Waals surface area contributed by atoms with Crippen molar-refractivity contribution in [3.05, 3.63) is 74.4 Å². The fourth-order valence-electron chi connectivity index (χ4n) is 2.53. The van der Waals surface area contributed by atoms with Gasteiger partial charge in [0, 0.05) is 15.6 Å². The molecule has 1 amide bonds. The largest absolute Gasteiger partial charge is 0.461 e. The second-order valence-corrected chi connectivity index (χ2v) is 7.17. The van der Waals surface area contributed by atoms with Gasteiger partial charge in [-0.2, -0.15) is 13.2 Å². The maximum atomic E-state index is 12.9. The van der Waals surface area contributed by atoms with Gasteiger partial charge in [-0.25, -0.2) is 0 Å². The van der Waals surface area contributed by atoms with Gasteiger partial charge in [0.25, 0.3) is 5.91 Å². The fourth-order valence-corrected chi connectivity index (χ4v) is 3.22. The summed E-state index contributed by atoms with van der Waals surface area (Å²) >= 11 is 17.9. The quantitative estimate of drug-likeness (QED) is 0.451. The summed E-state index contributed by atoms with van der Waals surface area (Å²) in [5.74, 6) is -0.0595. The van der Waals surface area contributed by atoms with E-state index in [2.05, 4.69) is 5.32 Å². The van der Waals surface area contributed by atoms with Crippen LogP contribution < -0.4 is 5.32 Å². The van der Waals surface area contributed by atoms with Crippen molar-refractivity contribution in [2.45, 2.75) is 13.1 Å². The molecule has 3 rings (SSSR count). The first kappa shape index (κ1) is 20.6. The number of anilines is 1. The predicted molar refractivity (Wildman–Crippen MR) is 103 cm³/mol. The van der Waals surface area contributed by atoms with Crippen molar-refractivity contribution < 1.29 is 22.4 Å². The molecule has 0 fully saturated rings. The zero-order valence-electron chi connectivity index (χ0n) is 14.1. The molecule has 9 heteroatoms. The molecule has 0 aliphatic rings. The Morgan fingerprint density at radius 3 is 2.25 bits per heavy atom. The molecule has 0 spiro atoms. The molecule has 1 aromatic heterocycles. The molecule has 0 saturated heterocycles. The highest BCUT2D eigenvalue weighted by Gasteiger charge is 2.31. The molecule has 0 radical (unpaired) electrons. The molecule has 0 aliphatic carbocycles. The second-order valence-electron chi connectivity index (χ2n) is 5.89. The summed E-state index contributed by atoms with van der Waals surface area (Å²) in [4.78, 5) is 12.6. The van der Waals surface area contributed by atoms with Gasteiger partial charge in [-0.1, -0.05) is 34.8 Å². The minimum Gasteiger partial charge on any atom is -0.461 e. The third-order valence-corrected chi connectivity index (χ3v) is 4.62. The van der Waals surface area contributed by atoms with Crippen LogP contribution >= 0.6 is 34.8 Å². The van der Waals surface area contributed by atoms with Crippen molar-refractivity contribution in [2.75, 3.05) is 5.32 Å². The van der Waals surface area contributed by atoms with Gasteiger partial charge in [0.1, 0.15) is 11.5 Å². The maximum Gasteiger partial charge on any atom is 0.416 e. The zero-order valence-corrected chi connectivity index (χ0v) is 16.4. The van der Waals surface area contributed by atoms with Gasteiger partial charge >= 0.3 is 6.18 Å². The molecule has 28 heavy (non-hydrogen) atoms. The number of carbonyl (C=O) groups excluding carboxylic acids is 1. The average molecular weight is 449 g/mol. The first-order chi connectivity index (χ1) is 13.0. The Bertz CT molecular complexity index is 1040. The second kappa shape index (κ2) is 7.70. The van der Waals surface area contributed by atoms with E-state index in [1.165, 1.54) is 6.07 Å². The van der Waals surface area contributed by atoms with E-state index in [4.69, 9.17) is 39.2 Å². The Kier molecular flexibility index (Phi) is 5.66. The topological polar surface area (TPSA) is 42.2 Å². The summed E-state index contributed by atoms with van der Waals surface area (Å²) in [6.45, 7) is 1.55. The first-order valence-electron chi connectivity index (χ1n) is 7.79. The maximum absolute atomic E-state index is 12.9. The van der Waals surface area contributed by atoms with Crippen molar-refractivity contribution in [2.24, 2.45) is 0 Å². The van der Waals surface area contributed by atoms with E-state index in [-0.39, 0.29) is 22.0 Å². The molecular formula is C19H11Cl3F3NO2. The van der Waals surface area contributed by atoms with E-state index in [0.29, 0.717) is 21.4 Å².